The number of benzene rings is 5. The van der Waals surface area contributed by atoms with Gasteiger partial charge in [0, 0.05) is 63.4 Å². The van der Waals surface area contributed by atoms with Gasteiger partial charge in [0.05, 0.1) is 55.8 Å². The first-order valence-corrected chi connectivity index (χ1v) is 41.3. The lowest BCUT2D eigenvalue weighted by atomic mass is 9.86. The van der Waals surface area contributed by atoms with Crippen LogP contribution in [0.15, 0.2) is 90.0 Å². The molecule has 12 rings (SSSR count). The largest absolute Gasteiger partial charge is 0.489 e. The van der Waals surface area contributed by atoms with E-state index >= 15 is 8.78 Å². The van der Waals surface area contributed by atoms with Crippen LogP contribution in [0.25, 0.3) is 44.0 Å². The van der Waals surface area contributed by atoms with Crippen LogP contribution in [0.4, 0.5) is 19.4 Å². The van der Waals surface area contributed by atoms with Gasteiger partial charge >= 0.3 is 18.1 Å². The monoisotopic (exact) mass is 1530 g/mol. The molecule has 0 saturated carbocycles. The van der Waals surface area contributed by atoms with E-state index in [0.717, 1.165) is 16.7 Å². The number of ether oxygens (including phenoxy) is 8. The van der Waals surface area contributed by atoms with Crippen LogP contribution in [0.1, 0.15) is 142 Å². The molecular weight excluding hydrogens is 1430 g/mol. The van der Waals surface area contributed by atoms with Crippen molar-refractivity contribution in [2.24, 2.45) is 7.05 Å². The minimum atomic E-state index is -3.96. The van der Waals surface area contributed by atoms with Crippen molar-refractivity contribution >= 4 is 74.6 Å². The predicted molar refractivity (Wildman–Crippen MR) is 414 cm³/mol. The highest BCUT2D eigenvalue weighted by Crippen LogP contribution is 2.45. The van der Waals surface area contributed by atoms with Crippen molar-refractivity contribution < 1.29 is 69.5 Å². The Morgan fingerprint density at radius 1 is 0.872 bits per heavy atom. The fraction of sp³-hybridized carbons (Fsp3) is 0.506. The molecule has 1 N–H and O–H groups in total. The topological polar surface area (TPSA) is 254 Å². The number of rotatable bonds is 26. The maximum absolute atomic E-state index is 18.5. The molecule has 3 fully saturated rings. The highest BCUT2D eigenvalue weighted by atomic mass is 32.2. The van der Waals surface area contributed by atoms with E-state index in [1.54, 1.807) is 66.0 Å². The number of halogens is 2. The second kappa shape index (κ2) is 32.8. The summed E-state index contributed by atoms with van der Waals surface area (Å²) in [6, 6.07) is 21.8. The Morgan fingerprint density at radius 3 is 2.31 bits per heavy atom. The maximum atomic E-state index is 18.5. The number of likely N-dealkylation sites (N-methyl/N-ethyl adjacent to an activating group) is 1. The van der Waals surface area contributed by atoms with Crippen LogP contribution < -0.4 is 29.2 Å². The SMILES string of the molecule is CCOC(=O)CC(c1ccc(C)c(CN2C[C@@H](C)Oc3ccccc3S2(=O)=O)c1)c1cc(OCCOCCNC(=O)[C@@]2(COc3nc(N4C[C@H]5CC[C@@H](C4)N5C(=O)OC(C)(C)C)c4cnc(-c5cc(OCOC)cc6ccc(F)c(C#C[Si](C(C)C)(C(C)C)C(C)C)c56)c(F)c4n3)CCCN2C)c2c(c1)nnn2C. The molecule has 5 atom stereocenters. The number of piperazine rings is 1. The van der Waals surface area contributed by atoms with Gasteiger partial charge in [0.2, 0.25) is 15.9 Å². The van der Waals surface area contributed by atoms with Crippen LogP contribution in [0.2, 0.25) is 16.6 Å². The van der Waals surface area contributed by atoms with Gasteiger partial charge in [0.15, 0.2) is 12.6 Å². The molecule has 8 aromatic rings. The summed E-state index contributed by atoms with van der Waals surface area (Å²) in [7, 11) is -1.29. The smallest absolute Gasteiger partial charge is 0.410 e. The molecular formula is C81H101F2N11O13SSi. The summed E-state index contributed by atoms with van der Waals surface area (Å²) in [5, 5.41) is 13.0. The van der Waals surface area contributed by atoms with Crippen LogP contribution in [0, 0.1) is 30.0 Å². The van der Waals surface area contributed by atoms with Crippen LogP contribution in [-0.2, 0) is 52.2 Å². The lowest BCUT2D eigenvalue weighted by Gasteiger charge is -2.42. The third-order valence-electron chi connectivity index (χ3n) is 21.8. The number of likely N-dealkylation sites (tertiary alicyclic amines) is 1. The number of amides is 2. The first-order chi connectivity index (χ1) is 52.0. The number of carbonyl (C=O) groups excluding carboxylic acids is 3. The van der Waals surface area contributed by atoms with E-state index in [1.807, 2.05) is 81.8 Å². The molecule has 7 heterocycles. The summed E-state index contributed by atoms with van der Waals surface area (Å²) in [6.45, 7) is 25.8. The molecule has 4 aliphatic rings. The van der Waals surface area contributed by atoms with Gasteiger partial charge in [-0.1, -0.05) is 89.1 Å². The number of aryl methyl sites for hydroxylation is 2. The zero-order valence-corrected chi connectivity index (χ0v) is 66.9. The van der Waals surface area contributed by atoms with Gasteiger partial charge in [0.25, 0.3) is 0 Å². The third-order valence-corrected chi connectivity index (χ3v) is 29.9. The molecule has 3 saturated heterocycles. The second-order valence-electron chi connectivity index (χ2n) is 31.0. The van der Waals surface area contributed by atoms with Crippen LogP contribution >= 0.6 is 0 Å². The molecule has 4 aliphatic heterocycles. The fourth-order valence-corrected chi connectivity index (χ4v) is 23.3. The first-order valence-electron chi connectivity index (χ1n) is 37.7. The summed E-state index contributed by atoms with van der Waals surface area (Å²) in [5.41, 5.74) is 6.68. The van der Waals surface area contributed by atoms with Crippen LogP contribution in [0.3, 0.4) is 0 Å². The number of hydrogen-bond donors (Lipinski definition) is 1. The van der Waals surface area contributed by atoms with E-state index in [4.69, 9.17) is 52.8 Å². The Bertz CT molecular complexity index is 4880. The van der Waals surface area contributed by atoms with Gasteiger partial charge in [-0.25, -0.2) is 26.7 Å². The number of nitrogens with zero attached hydrogens (tertiary/aromatic N) is 10. The van der Waals surface area contributed by atoms with Crippen molar-refractivity contribution in [3.05, 3.63) is 125 Å². The normalized spacial score (nSPS) is 19.1. The second-order valence-corrected chi connectivity index (χ2v) is 38.4. The van der Waals surface area contributed by atoms with Gasteiger partial charge in [-0.05, 0) is 168 Å². The number of aromatic nitrogens is 6. The van der Waals surface area contributed by atoms with E-state index in [9.17, 15) is 22.8 Å². The van der Waals surface area contributed by atoms with E-state index in [0.29, 0.717) is 95.8 Å². The Kier molecular flexibility index (Phi) is 23.9. The average molecular weight is 1530 g/mol. The van der Waals surface area contributed by atoms with Gasteiger partial charge in [-0.2, -0.15) is 14.3 Å². The Labute approximate surface area is 637 Å². The summed E-state index contributed by atoms with van der Waals surface area (Å²) in [6.07, 6.45) is 3.11. The van der Waals surface area contributed by atoms with E-state index < -0.39 is 65.0 Å². The van der Waals surface area contributed by atoms with Crippen molar-refractivity contribution in [2.45, 2.75) is 178 Å². The molecule has 24 nitrogen and oxygen atoms in total. The lowest BCUT2D eigenvalue weighted by Crippen LogP contribution is -2.58. The number of para-hydroxylation sites is 1. The van der Waals surface area contributed by atoms with Gasteiger partial charge in [-0.15, -0.1) is 10.6 Å². The number of fused-ring (bicyclic) bond motifs is 6. The number of carbonyl (C=O) groups is 3. The maximum Gasteiger partial charge on any atom is 0.410 e. The summed E-state index contributed by atoms with van der Waals surface area (Å²) in [5.74, 6) is 1.98. The molecule has 3 aromatic heterocycles. The highest BCUT2D eigenvalue weighted by Gasteiger charge is 2.49. The van der Waals surface area contributed by atoms with Crippen LogP contribution in [0.5, 0.6) is 23.3 Å². The van der Waals surface area contributed by atoms with Gasteiger partial charge in [-0.3, -0.25) is 24.4 Å². The number of pyridine rings is 1. The third kappa shape index (κ3) is 16.4. The van der Waals surface area contributed by atoms with E-state index in [1.165, 1.54) is 23.7 Å². The van der Waals surface area contributed by atoms with E-state index in [2.05, 4.69) is 68.6 Å². The Balaban J connectivity index is 0.791. The number of methoxy groups -OCH3 is 1. The molecule has 109 heavy (non-hydrogen) atoms. The molecule has 0 spiro atoms. The quantitative estimate of drug-likeness (QED) is 0.0174. The molecule has 28 heteroatoms. The number of esters is 1. The average Bonchev–Trinajstić information content (AvgIpc) is 0.982. The van der Waals surface area contributed by atoms with Crippen LogP contribution in [-0.4, -0.2) is 195 Å². The Morgan fingerprint density at radius 2 is 1.61 bits per heavy atom. The number of hydrogen-bond acceptors (Lipinski definition) is 20. The molecule has 2 bridgehead atoms. The number of sulfonamides is 1. The minimum absolute atomic E-state index is 0.0450. The van der Waals surface area contributed by atoms with Crippen molar-refractivity contribution in [3.63, 3.8) is 0 Å². The summed E-state index contributed by atoms with van der Waals surface area (Å²) >= 11 is 0. The molecule has 582 valence electrons. The van der Waals surface area contributed by atoms with Crippen molar-refractivity contribution in [2.75, 3.05) is 91.6 Å². The molecule has 0 aliphatic carbocycles. The highest BCUT2D eigenvalue weighted by molar-refractivity contribution is 7.89. The summed E-state index contributed by atoms with van der Waals surface area (Å²) < 4.78 is 115. The summed E-state index contributed by atoms with van der Waals surface area (Å²) in [4.78, 5) is 62.7. The standard InChI is InChI=1S/C81H101F2N11O13SSi/c1-16-102-70(95)41-62(54-23-22-52(8)57(36-54)44-93-43-53(9)106-67-20-17-18-21-69(67)108(93,98)99)56-38-66-75(91(14)89-88-66)68(39-56)103-34-33-101-32-30-84-77(96)81(29-19-31-90(81)13)47-104-78-86-74-64(76(87-78)92-45-58-25-26-59(46-92)94(58)79(97)107-80(10,11)12)42-85-73(72(74)83)63-40-60(105-48-100-15)37-55-24-27-65(82)61(71(55)63)28-35-109(49(2)3,50(4)5)51(6)7/h17-18,20-24,27,36-40,42,49-51,53,58-59,62H,16,19,25-26,29-34,41,43-48H2,1-15H3,(H,84,96)/t53-,58-,59+,62?,81+/m1/s1. The van der Waals surface area contributed by atoms with Crippen molar-refractivity contribution in [1.82, 2.24) is 49.4 Å². The van der Waals surface area contributed by atoms with Gasteiger partial charge < -0.3 is 48.1 Å². The molecule has 1 unspecified atom stereocenters. The molecule has 0 radical (unpaired) electrons. The van der Waals surface area contributed by atoms with Crippen molar-refractivity contribution in [1.29, 1.82) is 0 Å². The van der Waals surface area contributed by atoms with E-state index in [-0.39, 0.29) is 139 Å². The zero-order chi connectivity index (χ0) is 78.0. The van der Waals surface area contributed by atoms with Gasteiger partial charge in [0.1, 0.15) is 94.6 Å². The fourth-order valence-electron chi connectivity index (χ4n) is 16.4. The number of nitrogens with one attached hydrogen (secondary N) is 1. The first kappa shape index (κ1) is 79.4. The minimum Gasteiger partial charge on any atom is -0.489 e. The lowest BCUT2D eigenvalue weighted by molar-refractivity contribution is -0.143. The predicted octanol–water partition coefficient (Wildman–Crippen LogP) is 13.0. The van der Waals surface area contributed by atoms with Crippen molar-refractivity contribution in [3.8, 4) is 46.0 Å². The zero-order valence-electron chi connectivity index (χ0n) is 65.1. The molecule has 2 amide bonds. The molecule has 5 aromatic carbocycles. The Hall–Kier alpha value is -9.11. The number of anilines is 1.